The number of hydrogen-bond donors (Lipinski definition) is 2. The molecule has 0 aliphatic rings. The molecule has 5 nitrogen and oxygen atoms in total. The first-order chi connectivity index (χ1) is 10.0. The van der Waals surface area contributed by atoms with E-state index in [0.29, 0.717) is 22.2 Å². The molecule has 0 atom stereocenters. The minimum atomic E-state index is -0.462. The molecule has 0 bridgehead atoms. The first-order valence-corrected chi connectivity index (χ1v) is 6.45. The van der Waals surface area contributed by atoms with Crippen LogP contribution in [0.25, 0.3) is 0 Å². The molecule has 0 radical (unpaired) electrons. The predicted octanol–water partition coefficient (Wildman–Crippen LogP) is 3.32. The first kappa shape index (κ1) is 15.0. The molecule has 6 heteroatoms. The van der Waals surface area contributed by atoms with E-state index in [1.54, 1.807) is 24.3 Å². The standard InChI is InChI=1S/C15H14ClNO4/c1-20-10-4-6-13(18)11(8-10)15(19)17-9-3-5-12(16)14(7-9)21-2/h3-8,18H,1-2H3,(H,17,19). The van der Waals surface area contributed by atoms with Crippen molar-refractivity contribution in [1.29, 1.82) is 0 Å². The van der Waals surface area contributed by atoms with Crippen LogP contribution in [0.1, 0.15) is 10.4 Å². The monoisotopic (exact) mass is 307 g/mol. The average Bonchev–Trinajstić information content (AvgIpc) is 2.49. The summed E-state index contributed by atoms with van der Waals surface area (Å²) in [6, 6.07) is 9.27. The van der Waals surface area contributed by atoms with Crippen molar-refractivity contribution in [2.45, 2.75) is 0 Å². The van der Waals surface area contributed by atoms with Gasteiger partial charge >= 0.3 is 0 Å². The zero-order valence-electron chi connectivity index (χ0n) is 11.5. The van der Waals surface area contributed by atoms with E-state index in [1.807, 2.05) is 0 Å². The Hall–Kier alpha value is -2.40. The molecular formula is C15H14ClNO4. The van der Waals surface area contributed by atoms with Crippen molar-refractivity contribution >= 4 is 23.2 Å². The first-order valence-electron chi connectivity index (χ1n) is 6.07. The van der Waals surface area contributed by atoms with E-state index in [-0.39, 0.29) is 11.3 Å². The van der Waals surface area contributed by atoms with Crippen LogP contribution in [0, 0.1) is 0 Å². The third-order valence-electron chi connectivity index (χ3n) is 2.86. The van der Waals surface area contributed by atoms with Crippen molar-refractivity contribution in [3.05, 3.63) is 47.0 Å². The third kappa shape index (κ3) is 3.38. The number of halogens is 1. The Bertz CT molecular complexity index is 673. The van der Waals surface area contributed by atoms with Crippen LogP contribution in [0.5, 0.6) is 17.2 Å². The minimum Gasteiger partial charge on any atom is -0.507 e. The van der Waals surface area contributed by atoms with Gasteiger partial charge in [-0.15, -0.1) is 0 Å². The van der Waals surface area contributed by atoms with Crippen LogP contribution >= 0.6 is 11.6 Å². The zero-order valence-corrected chi connectivity index (χ0v) is 12.3. The molecule has 0 saturated heterocycles. The van der Waals surface area contributed by atoms with Crippen LogP contribution in [-0.2, 0) is 0 Å². The SMILES string of the molecule is COc1ccc(O)c(C(=O)Nc2ccc(Cl)c(OC)c2)c1. The summed E-state index contributed by atoms with van der Waals surface area (Å²) in [5, 5.41) is 12.9. The Morgan fingerprint density at radius 2 is 1.90 bits per heavy atom. The van der Waals surface area contributed by atoms with Crippen molar-refractivity contribution in [3.8, 4) is 17.2 Å². The van der Waals surface area contributed by atoms with Gasteiger partial charge in [0.05, 0.1) is 24.8 Å². The molecule has 2 aromatic carbocycles. The van der Waals surface area contributed by atoms with Crippen molar-refractivity contribution in [1.82, 2.24) is 0 Å². The molecular weight excluding hydrogens is 294 g/mol. The second kappa shape index (κ2) is 6.37. The fraction of sp³-hybridized carbons (Fsp3) is 0.133. The van der Waals surface area contributed by atoms with Gasteiger partial charge in [-0.2, -0.15) is 0 Å². The molecule has 0 aromatic heterocycles. The highest BCUT2D eigenvalue weighted by atomic mass is 35.5. The number of amides is 1. The molecule has 1 amide bonds. The molecule has 0 fully saturated rings. The Labute approximate surface area is 127 Å². The lowest BCUT2D eigenvalue weighted by Gasteiger charge is -2.10. The normalized spacial score (nSPS) is 10.0. The maximum absolute atomic E-state index is 12.2. The molecule has 0 spiro atoms. The van der Waals surface area contributed by atoms with Crippen LogP contribution in [0.2, 0.25) is 5.02 Å². The number of phenols is 1. The summed E-state index contributed by atoms with van der Waals surface area (Å²) in [4.78, 5) is 12.2. The maximum atomic E-state index is 12.2. The number of ether oxygens (including phenoxy) is 2. The molecule has 110 valence electrons. The van der Waals surface area contributed by atoms with Crippen molar-refractivity contribution in [2.75, 3.05) is 19.5 Å². The lowest BCUT2D eigenvalue weighted by molar-refractivity contribution is 0.102. The number of carbonyl (C=O) groups is 1. The van der Waals surface area contributed by atoms with E-state index >= 15 is 0 Å². The van der Waals surface area contributed by atoms with E-state index in [9.17, 15) is 9.90 Å². The largest absolute Gasteiger partial charge is 0.507 e. The maximum Gasteiger partial charge on any atom is 0.259 e. The van der Waals surface area contributed by atoms with Gasteiger partial charge in [-0.05, 0) is 30.3 Å². The van der Waals surface area contributed by atoms with Crippen molar-refractivity contribution in [3.63, 3.8) is 0 Å². The molecule has 2 N–H and O–H groups in total. The summed E-state index contributed by atoms with van der Waals surface area (Å²) in [6.07, 6.45) is 0. The number of anilines is 1. The van der Waals surface area contributed by atoms with E-state index in [0.717, 1.165) is 0 Å². The Kier molecular flexibility index (Phi) is 4.55. The van der Waals surface area contributed by atoms with Crippen LogP contribution in [0.4, 0.5) is 5.69 Å². The third-order valence-corrected chi connectivity index (χ3v) is 3.17. The molecule has 0 aliphatic heterocycles. The zero-order chi connectivity index (χ0) is 15.4. The molecule has 0 aliphatic carbocycles. The number of nitrogens with one attached hydrogen (secondary N) is 1. The Balaban J connectivity index is 2.25. The van der Waals surface area contributed by atoms with Gasteiger partial charge in [-0.1, -0.05) is 11.6 Å². The summed E-state index contributed by atoms with van der Waals surface area (Å²) >= 11 is 5.92. The van der Waals surface area contributed by atoms with Gasteiger partial charge < -0.3 is 19.9 Å². The van der Waals surface area contributed by atoms with E-state index in [1.165, 1.54) is 26.4 Å². The second-order valence-corrected chi connectivity index (χ2v) is 4.59. The number of hydrogen-bond acceptors (Lipinski definition) is 4. The quantitative estimate of drug-likeness (QED) is 0.909. The highest BCUT2D eigenvalue weighted by Crippen LogP contribution is 2.28. The number of benzene rings is 2. The smallest absolute Gasteiger partial charge is 0.259 e. The van der Waals surface area contributed by atoms with Gasteiger partial charge in [-0.3, -0.25) is 4.79 Å². The second-order valence-electron chi connectivity index (χ2n) is 4.19. The van der Waals surface area contributed by atoms with E-state index in [2.05, 4.69) is 5.32 Å². The van der Waals surface area contributed by atoms with Gasteiger partial charge in [0.15, 0.2) is 0 Å². The van der Waals surface area contributed by atoms with Gasteiger partial charge in [-0.25, -0.2) is 0 Å². The fourth-order valence-electron chi connectivity index (χ4n) is 1.76. The van der Waals surface area contributed by atoms with Gasteiger partial charge in [0.25, 0.3) is 5.91 Å². The minimum absolute atomic E-state index is 0.114. The summed E-state index contributed by atoms with van der Waals surface area (Å²) < 4.78 is 10.1. The number of carbonyl (C=O) groups excluding carboxylic acids is 1. The van der Waals surface area contributed by atoms with Crippen molar-refractivity contribution in [2.24, 2.45) is 0 Å². The van der Waals surface area contributed by atoms with Crippen molar-refractivity contribution < 1.29 is 19.4 Å². The van der Waals surface area contributed by atoms with Crippen LogP contribution in [0.15, 0.2) is 36.4 Å². The summed E-state index contributed by atoms with van der Waals surface area (Å²) in [5.41, 5.74) is 0.617. The predicted molar refractivity (Wildman–Crippen MR) is 80.6 cm³/mol. The van der Waals surface area contributed by atoms with Gasteiger partial charge in [0.2, 0.25) is 0 Å². The number of aromatic hydroxyl groups is 1. The van der Waals surface area contributed by atoms with E-state index in [4.69, 9.17) is 21.1 Å². The molecule has 2 rings (SSSR count). The number of methoxy groups -OCH3 is 2. The van der Waals surface area contributed by atoms with Crippen LogP contribution in [0.3, 0.4) is 0 Å². The molecule has 0 unspecified atom stereocenters. The number of rotatable bonds is 4. The molecule has 0 heterocycles. The lowest BCUT2D eigenvalue weighted by atomic mass is 10.1. The summed E-state index contributed by atoms with van der Waals surface area (Å²) in [5.74, 6) is 0.334. The number of phenolic OH excluding ortho intramolecular Hbond substituents is 1. The van der Waals surface area contributed by atoms with Crippen LogP contribution < -0.4 is 14.8 Å². The highest BCUT2D eigenvalue weighted by Gasteiger charge is 2.13. The lowest BCUT2D eigenvalue weighted by Crippen LogP contribution is -2.12. The van der Waals surface area contributed by atoms with Gasteiger partial charge in [0.1, 0.15) is 17.2 Å². The molecule has 0 saturated carbocycles. The Morgan fingerprint density at radius 1 is 1.14 bits per heavy atom. The fourth-order valence-corrected chi connectivity index (χ4v) is 1.95. The molecule has 2 aromatic rings. The topological polar surface area (TPSA) is 67.8 Å². The summed E-state index contributed by atoms with van der Waals surface area (Å²) in [7, 11) is 2.97. The highest BCUT2D eigenvalue weighted by molar-refractivity contribution is 6.32. The average molecular weight is 308 g/mol. The molecule has 21 heavy (non-hydrogen) atoms. The van der Waals surface area contributed by atoms with E-state index < -0.39 is 5.91 Å². The summed E-state index contributed by atoms with van der Waals surface area (Å²) in [6.45, 7) is 0. The van der Waals surface area contributed by atoms with Gasteiger partial charge in [0, 0.05) is 11.8 Å². The Morgan fingerprint density at radius 3 is 2.57 bits per heavy atom. The van der Waals surface area contributed by atoms with Crippen LogP contribution in [-0.4, -0.2) is 25.2 Å².